The molecule has 0 atom stereocenters. The Morgan fingerprint density at radius 1 is 1.24 bits per heavy atom. The summed E-state index contributed by atoms with van der Waals surface area (Å²) in [6.45, 7) is 0.0518. The van der Waals surface area contributed by atoms with Gasteiger partial charge in [-0.25, -0.2) is 18.7 Å². The minimum Gasteiger partial charge on any atom is -0.444 e. The Labute approximate surface area is 139 Å². The van der Waals surface area contributed by atoms with Gasteiger partial charge in [0.1, 0.15) is 35.2 Å². The molecule has 0 bridgehead atoms. The van der Waals surface area contributed by atoms with E-state index in [0.29, 0.717) is 16.7 Å². The van der Waals surface area contributed by atoms with Gasteiger partial charge in [0.15, 0.2) is 5.65 Å². The predicted octanol–water partition coefficient (Wildman–Crippen LogP) is 2.11. The maximum Gasteiger partial charge on any atom is 0.264 e. The number of fused-ring (bicyclic) bond motifs is 1. The number of oxazole rings is 1. The Kier molecular flexibility index (Phi) is 3.41. The van der Waals surface area contributed by atoms with Gasteiger partial charge < -0.3 is 4.42 Å². The average Bonchev–Trinajstić information content (AvgIpc) is 3.18. The van der Waals surface area contributed by atoms with Gasteiger partial charge in [-0.3, -0.25) is 14.0 Å². The Hall–Kier alpha value is -3.36. The minimum atomic E-state index is -0.774. The quantitative estimate of drug-likeness (QED) is 0.569. The molecule has 0 amide bonds. The van der Waals surface area contributed by atoms with E-state index >= 15 is 0 Å². The van der Waals surface area contributed by atoms with E-state index in [0.717, 1.165) is 12.1 Å². The smallest absolute Gasteiger partial charge is 0.264 e. The van der Waals surface area contributed by atoms with Gasteiger partial charge in [0.25, 0.3) is 5.56 Å². The van der Waals surface area contributed by atoms with Crippen molar-refractivity contribution in [2.45, 2.75) is 6.54 Å². The highest BCUT2D eigenvalue weighted by molar-refractivity contribution is 5.72. The fraction of sp³-hybridized carbons (Fsp3) is 0.125. The summed E-state index contributed by atoms with van der Waals surface area (Å²) < 4.78 is 35.6. The number of nitrogens with zero attached hydrogens (tertiary/aromatic N) is 5. The molecule has 0 aliphatic heterocycles. The van der Waals surface area contributed by atoms with Crippen molar-refractivity contribution in [3.8, 4) is 11.5 Å². The molecular weight excluding hydrogens is 332 g/mol. The van der Waals surface area contributed by atoms with Gasteiger partial charge in [-0.05, 0) is 12.1 Å². The third kappa shape index (κ3) is 2.49. The molecule has 0 saturated carbocycles. The molecule has 0 fully saturated rings. The van der Waals surface area contributed by atoms with Crippen LogP contribution in [0.1, 0.15) is 5.69 Å². The second-order valence-electron chi connectivity index (χ2n) is 5.42. The molecule has 0 saturated heterocycles. The summed E-state index contributed by atoms with van der Waals surface area (Å²) in [5.74, 6) is -1.73. The zero-order chi connectivity index (χ0) is 17.6. The maximum atomic E-state index is 13.8. The zero-order valence-corrected chi connectivity index (χ0v) is 13.0. The van der Waals surface area contributed by atoms with Crippen LogP contribution in [0, 0.1) is 11.6 Å². The standard InChI is InChI=1S/C16H11F2N5O2/c1-22-14-10(5-20-22)16(24)23(8-19-14)6-9-7-25-15(21-9)13-11(17)3-2-4-12(13)18/h2-5,7-8H,6H2,1H3. The van der Waals surface area contributed by atoms with Crippen LogP contribution in [0.2, 0.25) is 0 Å². The van der Waals surface area contributed by atoms with Crippen molar-refractivity contribution in [1.29, 1.82) is 0 Å². The number of hydrogen-bond acceptors (Lipinski definition) is 5. The SMILES string of the molecule is Cn1ncc2c(=O)n(Cc3coc(-c4c(F)cccc4F)n3)cnc21. The van der Waals surface area contributed by atoms with E-state index < -0.39 is 11.6 Å². The van der Waals surface area contributed by atoms with Gasteiger partial charge in [0, 0.05) is 7.05 Å². The van der Waals surface area contributed by atoms with Gasteiger partial charge in [0.2, 0.25) is 5.89 Å². The van der Waals surface area contributed by atoms with E-state index in [-0.39, 0.29) is 23.6 Å². The summed E-state index contributed by atoms with van der Waals surface area (Å²) in [6, 6.07) is 3.49. The van der Waals surface area contributed by atoms with Crippen molar-refractivity contribution >= 4 is 11.0 Å². The molecule has 126 valence electrons. The highest BCUT2D eigenvalue weighted by atomic mass is 19.1. The van der Waals surface area contributed by atoms with E-state index in [1.54, 1.807) is 7.05 Å². The van der Waals surface area contributed by atoms with Crippen molar-refractivity contribution in [3.63, 3.8) is 0 Å². The lowest BCUT2D eigenvalue weighted by atomic mass is 10.2. The van der Waals surface area contributed by atoms with E-state index in [1.165, 1.54) is 34.1 Å². The molecule has 0 aliphatic rings. The van der Waals surface area contributed by atoms with Gasteiger partial charge in [-0.2, -0.15) is 5.10 Å². The predicted molar refractivity (Wildman–Crippen MR) is 83.7 cm³/mol. The topological polar surface area (TPSA) is 78.7 Å². The largest absolute Gasteiger partial charge is 0.444 e. The number of aryl methyl sites for hydroxylation is 1. The normalized spacial score (nSPS) is 11.3. The fourth-order valence-electron chi connectivity index (χ4n) is 2.55. The number of benzene rings is 1. The first-order valence-corrected chi connectivity index (χ1v) is 7.30. The van der Waals surface area contributed by atoms with Gasteiger partial charge >= 0.3 is 0 Å². The van der Waals surface area contributed by atoms with E-state index in [2.05, 4.69) is 15.1 Å². The Morgan fingerprint density at radius 2 is 2.00 bits per heavy atom. The molecule has 4 rings (SSSR count). The fourth-order valence-corrected chi connectivity index (χ4v) is 2.55. The molecule has 1 aromatic carbocycles. The molecule has 7 nitrogen and oxygen atoms in total. The first kappa shape index (κ1) is 15.2. The van der Waals surface area contributed by atoms with Crippen molar-refractivity contribution in [2.75, 3.05) is 0 Å². The third-order valence-electron chi connectivity index (χ3n) is 3.78. The van der Waals surface area contributed by atoms with Crippen molar-refractivity contribution in [3.05, 3.63) is 64.7 Å². The van der Waals surface area contributed by atoms with Crippen LogP contribution in [-0.2, 0) is 13.6 Å². The van der Waals surface area contributed by atoms with Crippen LogP contribution < -0.4 is 5.56 Å². The number of aromatic nitrogens is 5. The first-order valence-electron chi connectivity index (χ1n) is 7.30. The van der Waals surface area contributed by atoms with Gasteiger partial charge in [0.05, 0.1) is 18.4 Å². The molecule has 0 spiro atoms. The van der Waals surface area contributed by atoms with E-state index in [9.17, 15) is 13.6 Å². The summed E-state index contributed by atoms with van der Waals surface area (Å²) in [6.07, 6.45) is 4.05. The van der Waals surface area contributed by atoms with Crippen LogP contribution >= 0.6 is 0 Å². The number of hydrogen-bond donors (Lipinski definition) is 0. The van der Waals surface area contributed by atoms with Crippen LogP contribution in [0.4, 0.5) is 8.78 Å². The molecule has 0 unspecified atom stereocenters. The van der Waals surface area contributed by atoms with Crippen molar-refractivity contribution in [2.24, 2.45) is 7.05 Å². The molecule has 9 heteroatoms. The van der Waals surface area contributed by atoms with Crippen LogP contribution in [0.25, 0.3) is 22.5 Å². The first-order chi connectivity index (χ1) is 12.0. The second kappa shape index (κ2) is 5.62. The molecule has 0 N–H and O–H groups in total. The Morgan fingerprint density at radius 3 is 2.76 bits per heavy atom. The number of halogens is 2. The average molecular weight is 343 g/mol. The van der Waals surface area contributed by atoms with E-state index in [4.69, 9.17) is 4.42 Å². The second-order valence-corrected chi connectivity index (χ2v) is 5.42. The lowest BCUT2D eigenvalue weighted by molar-refractivity contribution is 0.540. The molecular formula is C16H11F2N5O2. The minimum absolute atomic E-state index is 0.0518. The summed E-state index contributed by atoms with van der Waals surface area (Å²) in [5, 5.41) is 4.36. The molecule has 3 aromatic heterocycles. The highest BCUT2D eigenvalue weighted by Gasteiger charge is 2.17. The zero-order valence-electron chi connectivity index (χ0n) is 13.0. The summed E-state index contributed by atoms with van der Waals surface area (Å²) in [7, 11) is 1.69. The highest BCUT2D eigenvalue weighted by Crippen LogP contribution is 2.25. The number of rotatable bonds is 3. The molecule has 0 radical (unpaired) electrons. The monoisotopic (exact) mass is 343 g/mol. The van der Waals surface area contributed by atoms with Gasteiger partial charge in [-0.1, -0.05) is 6.07 Å². The third-order valence-corrected chi connectivity index (χ3v) is 3.78. The van der Waals surface area contributed by atoms with Crippen LogP contribution in [0.3, 0.4) is 0 Å². The van der Waals surface area contributed by atoms with Crippen LogP contribution in [0.5, 0.6) is 0 Å². The lowest BCUT2D eigenvalue weighted by Crippen LogP contribution is -2.21. The van der Waals surface area contributed by atoms with Crippen molar-refractivity contribution in [1.82, 2.24) is 24.3 Å². The molecule has 0 aliphatic carbocycles. The van der Waals surface area contributed by atoms with Crippen LogP contribution in [-0.4, -0.2) is 24.3 Å². The summed E-state index contributed by atoms with van der Waals surface area (Å²) in [5.41, 5.74) is 0.168. The summed E-state index contributed by atoms with van der Waals surface area (Å²) in [4.78, 5) is 20.7. The molecule has 25 heavy (non-hydrogen) atoms. The Bertz CT molecular complexity index is 1120. The summed E-state index contributed by atoms with van der Waals surface area (Å²) >= 11 is 0. The van der Waals surface area contributed by atoms with E-state index in [1.807, 2.05) is 0 Å². The lowest BCUT2D eigenvalue weighted by Gasteiger charge is -2.02. The van der Waals surface area contributed by atoms with Gasteiger partial charge in [-0.15, -0.1) is 0 Å². The van der Waals surface area contributed by atoms with Crippen molar-refractivity contribution < 1.29 is 13.2 Å². The van der Waals surface area contributed by atoms with Crippen LogP contribution in [0.15, 0.2) is 46.2 Å². The molecule has 4 aromatic rings. The molecule has 3 heterocycles. The Balaban J connectivity index is 1.70. The maximum absolute atomic E-state index is 13.8.